The van der Waals surface area contributed by atoms with Crippen molar-refractivity contribution in [3.8, 4) is 0 Å². The van der Waals surface area contributed by atoms with Gasteiger partial charge in [0.2, 0.25) is 0 Å². The number of nitrogens with one attached hydrogen (secondary N) is 1. The zero-order valence-corrected chi connectivity index (χ0v) is 15.5. The van der Waals surface area contributed by atoms with Gasteiger partial charge in [-0.05, 0) is 31.0 Å². The average molecular weight is 382 g/mol. The van der Waals surface area contributed by atoms with Crippen LogP contribution in [0, 0.1) is 6.92 Å². The van der Waals surface area contributed by atoms with Gasteiger partial charge in [0.15, 0.2) is 5.13 Å². The number of aromatic nitrogens is 3. The van der Waals surface area contributed by atoms with Crippen LogP contribution in [0.1, 0.15) is 27.5 Å². The highest BCUT2D eigenvalue weighted by molar-refractivity contribution is 7.23. The second-order valence-electron chi connectivity index (χ2n) is 6.27. The smallest absolute Gasteiger partial charge is 0.267 e. The van der Waals surface area contributed by atoms with E-state index in [0.29, 0.717) is 32.3 Å². The standard InChI is InChI=1S/C18H14N4O2S2/c1-9-13-16(20-12-7-4-8-22(12)17(13)24)26-14(9)15(23)21-18-19-10-5-2-3-6-11(10)25-18/h2-3,5-6H,4,7-8H2,1H3,(H,19,21,23). The fourth-order valence-electron chi connectivity index (χ4n) is 3.37. The Hall–Kier alpha value is -2.58. The highest BCUT2D eigenvalue weighted by Gasteiger charge is 2.23. The fourth-order valence-corrected chi connectivity index (χ4v) is 5.32. The molecule has 130 valence electrons. The predicted octanol–water partition coefficient (Wildman–Crippen LogP) is 3.57. The van der Waals surface area contributed by atoms with Crippen LogP contribution in [0.15, 0.2) is 29.1 Å². The van der Waals surface area contributed by atoms with Gasteiger partial charge in [-0.3, -0.25) is 19.5 Å². The Labute approximate surface area is 156 Å². The number of thiophene rings is 1. The lowest BCUT2D eigenvalue weighted by Crippen LogP contribution is -2.20. The molecule has 1 amide bonds. The summed E-state index contributed by atoms with van der Waals surface area (Å²) in [5.74, 6) is 0.580. The van der Waals surface area contributed by atoms with E-state index in [1.807, 2.05) is 31.2 Å². The highest BCUT2D eigenvalue weighted by Crippen LogP contribution is 2.31. The number of fused-ring (bicyclic) bond motifs is 3. The molecule has 0 fully saturated rings. The number of para-hydroxylation sites is 1. The molecule has 3 aromatic heterocycles. The molecule has 5 rings (SSSR count). The SMILES string of the molecule is Cc1c(C(=O)Nc2nc3ccccc3s2)sc2nc3n(c(=O)c12)CCC3. The van der Waals surface area contributed by atoms with E-state index in [9.17, 15) is 9.59 Å². The monoisotopic (exact) mass is 382 g/mol. The van der Waals surface area contributed by atoms with E-state index in [1.165, 1.54) is 22.7 Å². The summed E-state index contributed by atoms with van der Waals surface area (Å²) in [6, 6.07) is 7.75. The number of amides is 1. The topological polar surface area (TPSA) is 76.9 Å². The van der Waals surface area contributed by atoms with Crippen LogP contribution in [0.25, 0.3) is 20.4 Å². The lowest BCUT2D eigenvalue weighted by atomic mass is 10.2. The molecule has 0 bridgehead atoms. The summed E-state index contributed by atoms with van der Waals surface area (Å²) in [6.07, 6.45) is 1.76. The number of rotatable bonds is 2. The molecule has 0 aliphatic carbocycles. The number of nitrogens with zero attached hydrogens (tertiary/aromatic N) is 3. The molecule has 0 radical (unpaired) electrons. The highest BCUT2D eigenvalue weighted by atomic mass is 32.1. The third-order valence-electron chi connectivity index (χ3n) is 4.63. The molecular weight excluding hydrogens is 368 g/mol. The molecule has 1 N–H and O–H groups in total. The maximum absolute atomic E-state index is 12.8. The first-order valence-electron chi connectivity index (χ1n) is 8.31. The first-order chi connectivity index (χ1) is 12.6. The summed E-state index contributed by atoms with van der Waals surface area (Å²) in [5.41, 5.74) is 1.52. The summed E-state index contributed by atoms with van der Waals surface area (Å²) in [5, 5.41) is 3.99. The van der Waals surface area contributed by atoms with Gasteiger partial charge in [0.25, 0.3) is 11.5 Å². The van der Waals surface area contributed by atoms with Crippen LogP contribution in [-0.4, -0.2) is 20.4 Å². The summed E-state index contributed by atoms with van der Waals surface area (Å²) < 4.78 is 2.75. The third-order valence-corrected chi connectivity index (χ3v) is 6.77. The number of thiazole rings is 1. The molecule has 4 heterocycles. The zero-order chi connectivity index (χ0) is 17.8. The molecular formula is C18H14N4O2S2. The number of aryl methyl sites for hydroxylation is 2. The Bertz CT molecular complexity index is 1220. The molecule has 8 heteroatoms. The van der Waals surface area contributed by atoms with Gasteiger partial charge in [-0.2, -0.15) is 0 Å². The number of benzene rings is 1. The second-order valence-corrected chi connectivity index (χ2v) is 8.30. The van der Waals surface area contributed by atoms with Gasteiger partial charge >= 0.3 is 0 Å². The van der Waals surface area contributed by atoms with Crippen molar-refractivity contribution in [1.82, 2.24) is 14.5 Å². The van der Waals surface area contributed by atoms with Crippen LogP contribution in [-0.2, 0) is 13.0 Å². The van der Waals surface area contributed by atoms with E-state index in [4.69, 9.17) is 0 Å². The Kier molecular flexibility index (Phi) is 3.44. The average Bonchev–Trinajstić information content (AvgIpc) is 3.31. The molecule has 1 aliphatic rings. The molecule has 1 aliphatic heterocycles. The van der Waals surface area contributed by atoms with E-state index in [0.717, 1.165) is 28.9 Å². The van der Waals surface area contributed by atoms with E-state index < -0.39 is 0 Å². The Morgan fingerprint density at radius 2 is 2.08 bits per heavy atom. The molecule has 26 heavy (non-hydrogen) atoms. The number of anilines is 1. The van der Waals surface area contributed by atoms with Crippen LogP contribution in [0.4, 0.5) is 5.13 Å². The van der Waals surface area contributed by atoms with Gasteiger partial charge in [0.1, 0.15) is 10.7 Å². The maximum Gasteiger partial charge on any atom is 0.267 e. The van der Waals surface area contributed by atoms with Crippen LogP contribution < -0.4 is 10.9 Å². The quantitative estimate of drug-likeness (QED) is 0.575. The van der Waals surface area contributed by atoms with Crippen LogP contribution in [0.2, 0.25) is 0 Å². The summed E-state index contributed by atoms with van der Waals surface area (Å²) in [4.78, 5) is 35.7. The molecule has 0 saturated heterocycles. The maximum atomic E-state index is 12.8. The van der Waals surface area contributed by atoms with Crippen molar-refractivity contribution in [2.75, 3.05) is 5.32 Å². The lowest BCUT2D eigenvalue weighted by molar-refractivity contribution is 0.103. The van der Waals surface area contributed by atoms with Crippen molar-refractivity contribution in [2.24, 2.45) is 0 Å². The first kappa shape index (κ1) is 15.7. The summed E-state index contributed by atoms with van der Waals surface area (Å²) in [6.45, 7) is 2.52. The van der Waals surface area contributed by atoms with Crippen molar-refractivity contribution >= 4 is 54.1 Å². The van der Waals surface area contributed by atoms with Crippen molar-refractivity contribution < 1.29 is 4.79 Å². The van der Waals surface area contributed by atoms with Gasteiger partial charge in [-0.25, -0.2) is 9.97 Å². The molecule has 1 aromatic carbocycles. The van der Waals surface area contributed by atoms with Crippen LogP contribution in [0.5, 0.6) is 0 Å². The zero-order valence-electron chi connectivity index (χ0n) is 13.9. The van der Waals surface area contributed by atoms with E-state index >= 15 is 0 Å². The van der Waals surface area contributed by atoms with Gasteiger partial charge in [-0.1, -0.05) is 23.5 Å². The van der Waals surface area contributed by atoms with Crippen molar-refractivity contribution in [3.63, 3.8) is 0 Å². The minimum atomic E-state index is -0.242. The van der Waals surface area contributed by atoms with Gasteiger partial charge < -0.3 is 0 Å². The number of hydrogen-bond acceptors (Lipinski definition) is 6. The Balaban J connectivity index is 1.56. The lowest BCUT2D eigenvalue weighted by Gasteiger charge is -2.02. The molecule has 6 nitrogen and oxygen atoms in total. The van der Waals surface area contributed by atoms with Gasteiger partial charge in [0, 0.05) is 13.0 Å². The first-order valence-corrected chi connectivity index (χ1v) is 9.95. The normalized spacial score (nSPS) is 13.4. The molecule has 4 aromatic rings. The second kappa shape index (κ2) is 5.72. The van der Waals surface area contributed by atoms with Crippen LogP contribution in [0.3, 0.4) is 0 Å². The largest absolute Gasteiger partial charge is 0.297 e. The number of carbonyl (C=O) groups is 1. The Morgan fingerprint density at radius 1 is 1.23 bits per heavy atom. The molecule has 0 spiro atoms. The molecule has 0 atom stereocenters. The van der Waals surface area contributed by atoms with Crippen molar-refractivity contribution in [1.29, 1.82) is 0 Å². The summed E-state index contributed by atoms with van der Waals surface area (Å²) in [7, 11) is 0. The van der Waals surface area contributed by atoms with E-state index in [-0.39, 0.29) is 11.5 Å². The van der Waals surface area contributed by atoms with Crippen molar-refractivity contribution in [2.45, 2.75) is 26.3 Å². The fraction of sp³-hybridized carbons (Fsp3) is 0.222. The molecule has 0 saturated carbocycles. The van der Waals surface area contributed by atoms with E-state index in [1.54, 1.807) is 4.57 Å². The summed E-state index contributed by atoms with van der Waals surface area (Å²) >= 11 is 2.71. The number of carbonyl (C=O) groups excluding carboxylic acids is 1. The Morgan fingerprint density at radius 3 is 2.92 bits per heavy atom. The van der Waals surface area contributed by atoms with Crippen molar-refractivity contribution in [3.05, 3.63) is 50.9 Å². The van der Waals surface area contributed by atoms with Crippen LogP contribution >= 0.6 is 22.7 Å². The predicted molar refractivity (Wildman–Crippen MR) is 105 cm³/mol. The molecule has 0 unspecified atom stereocenters. The number of hydrogen-bond donors (Lipinski definition) is 1. The minimum Gasteiger partial charge on any atom is -0.297 e. The van der Waals surface area contributed by atoms with E-state index in [2.05, 4.69) is 15.3 Å². The third kappa shape index (κ3) is 2.29. The minimum absolute atomic E-state index is 0.0321. The van der Waals surface area contributed by atoms with Gasteiger partial charge in [0.05, 0.1) is 20.5 Å². The van der Waals surface area contributed by atoms with Gasteiger partial charge in [-0.15, -0.1) is 11.3 Å².